The molecule has 2 N–H and O–H groups in total. The first-order valence-electron chi connectivity index (χ1n) is 10.3. The number of pyridine rings is 1. The summed E-state index contributed by atoms with van der Waals surface area (Å²) < 4.78 is 5.46. The van der Waals surface area contributed by atoms with Crippen molar-refractivity contribution in [2.75, 3.05) is 0 Å². The molecule has 0 radical (unpaired) electrons. The van der Waals surface area contributed by atoms with Gasteiger partial charge in [-0.3, -0.25) is 14.4 Å². The number of amides is 2. The summed E-state index contributed by atoms with van der Waals surface area (Å²) in [4.78, 5) is 42.2. The van der Waals surface area contributed by atoms with Crippen molar-refractivity contribution in [1.82, 2.24) is 15.2 Å². The molecule has 2 aromatic heterocycles. The molecule has 2 heterocycles. The molecule has 2 amide bonds. The van der Waals surface area contributed by atoms with Crippen molar-refractivity contribution in [2.24, 2.45) is 0 Å². The maximum atomic E-state index is 13.4. The van der Waals surface area contributed by atoms with Crippen LogP contribution in [0.2, 0.25) is 0 Å². The van der Waals surface area contributed by atoms with E-state index in [-0.39, 0.29) is 30.0 Å². The van der Waals surface area contributed by atoms with Crippen LogP contribution in [-0.4, -0.2) is 33.3 Å². The van der Waals surface area contributed by atoms with Crippen LogP contribution in [0.3, 0.4) is 0 Å². The van der Waals surface area contributed by atoms with E-state index in [1.807, 2.05) is 6.92 Å². The number of hydrogen-bond donors (Lipinski definition) is 2. The van der Waals surface area contributed by atoms with Crippen LogP contribution < -0.4 is 10.9 Å². The van der Waals surface area contributed by atoms with Crippen LogP contribution in [0.4, 0.5) is 0 Å². The Morgan fingerprint density at radius 2 is 2.00 bits per heavy atom. The summed E-state index contributed by atoms with van der Waals surface area (Å²) in [6.45, 7) is 3.85. The third-order valence-corrected chi connectivity index (χ3v) is 5.88. The molecule has 0 aromatic carbocycles. The zero-order valence-electron chi connectivity index (χ0n) is 17.1. The largest absolute Gasteiger partial charge is 0.467 e. The Balaban J connectivity index is 1.90. The van der Waals surface area contributed by atoms with Gasteiger partial charge in [0.1, 0.15) is 11.3 Å². The fourth-order valence-electron chi connectivity index (χ4n) is 3.79. The number of carbonyl (C=O) groups is 2. The molecule has 0 aliphatic heterocycles. The van der Waals surface area contributed by atoms with Gasteiger partial charge in [-0.1, -0.05) is 26.2 Å². The molecule has 2 aromatic rings. The van der Waals surface area contributed by atoms with E-state index in [9.17, 15) is 14.4 Å². The summed E-state index contributed by atoms with van der Waals surface area (Å²) in [6, 6.07) is 6.47. The second kappa shape index (κ2) is 9.11. The lowest BCUT2D eigenvalue weighted by atomic mass is 9.90. The Labute approximate surface area is 170 Å². The van der Waals surface area contributed by atoms with Crippen LogP contribution in [0, 0.1) is 0 Å². The van der Waals surface area contributed by atoms with Crippen molar-refractivity contribution in [2.45, 2.75) is 70.5 Å². The highest BCUT2D eigenvalue weighted by molar-refractivity contribution is 5.99. The van der Waals surface area contributed by atoms with E-state index in [4.69, 9.17) is 4.42 Å². The van der Waals surface area contributed by atoms with Gasteiger partial charge in [0, 0.05) is 18.3 Å². The Hall–Kier alpha value is -2.83. The van der Waals surface area contributed by atoms with Crippen molar-refractivity contribution < 1.29 is 14.0 Å². The molecule has 1 aliphatic rings. The van der Waals surface area contributed by atoms with Crippen LogP contribution in [0.15, 0.2) is 45.9 Å². The summed E-state index contributed by atoms with van der Waals surface area (Å²) in [7, 11) is 0. The fourth-order valence-corrected chi connectivity index (χ4v) is 3.79. The maximum absolute atomic E-state index is 13.4. The molecule has 29 heavy (non-hydrogen) atoms. The standard InChI is InChI=1S/C22H29N3O4/c1-3-22(2,21(28)24-17-8-5-4-6-9-17)25(15-18-10-7-13-29-18)20(27)16-11-12-19(26)23-14-16/h7,10-14,17H,3-6,8-9,15H2,1-2H3,(H,23,26)(H,24,28). The lowest BCUT2D eigenvalue weighted by Gasteiger charge is -2.40. The highest BCUT2D eigenvalue weighted by Crippen LogP contribution is 2.27. The van der Waals surface area contributed by atoms with Crippen LogP contribution in [0.25, 0.3) is 0 Å². The second-order valence-corrected chi connectivity index (χ2v) is 7.85. The lowest BCUT2D eigenvalue weighted by Crippen LogP contribution is -2.59. The van der Waals surface area contributed by atoms with Crippen molar-refractivity contribution >= 4 is 11.8 Å². The van der Waals surface area contributed by atoms with Gasteiger partial charge in [-0.25, -0.2) is 0 Å². The van der Waals surface area contributed by atoms with Crippen LogP contribution in [-0.2, 0) is 11.3 Å². The highest BCUT2D eigenvalue weighted by Gasteiger charge is 2.42. The number of nitrogens with one attached hydrogen (secondary N) is 2. The van der Waals surface area contributed by atoms with Crippen molar-refractivity contribution in [3.05, 3.63) is 58.4 Å². The van der Waals surface area contributed by atoms with Crippen molar-refractivity contribution in [3.8, 4) is 0 Å². The Bertz CT molecular complexity index is 863. The number of nitrogens with zero attached hydrogens (tertiary/aromatic N) is 1. The van der Waals surface area contributed by atoms with E-state index in [0.29, 0.717) is 17.7 Å². The van der Waals surface area contributed by atoms with Gasteiger partial charge >= 0.3 is 0 Å². The maximum Gasteiger partial charge on any atom is 0.256 e. The quantitative estimate of drug-likeness (QED) is 0.747. The predicted octanol–water partition coefficient (Wildman–Crippen LogP) is 3.23. The van der Waals surface area contributed by atoms with E-state index in [2.05, 4.69) is 10.3 Å². The Morgan fingerprint density at radius 3 is 2.59 bits per heavy atom. The predicted molar refractivity (Wildman–Crippen MR) is 109 cm³/mol. The molecule has 7 heteroatoms. The molecule has 1 fully saturated rings. The van der Waals surface area contributed by atoms with Gasteiger partial charge < -0.3 is 19.6 Å². The molecular weight excluding hydrogens is 370 g/mol. The third kappa shape index (κ3) is 4.78. The van der Waals surface area contributed by atoms with E-state index in [0.717, 1.165) is 25.7 Å². The third-order valence-electron chi connectivity index (χ3n) is 5.88. The molecule has 156 valence electrons. The number of aromatic amines is 1. The number of H-pyrrole nitrogens is 1. The monoisotopic (exact) mass is 399 g/mol. The minimum Gasteiger partial charge on any atom is -0.467 e. The smallest absolute Gasteiger partial charge is 0.256 e. The van der Waals surface area contributed by atoms with E-state index < -0.39 is 5.54 Å². The fraction of sp³-hybridized carbons (Fsp3) is 0.500. The first-order valence-corrected chi connectivity index (χ1v) is 10.3. The first kappa shape index (κ1) is 20.9. The van der Waals surface area contributed by atoms with Gasteiger partial charge in [-0.15, -0.1) is 0 Å². The van der Waals surface area contributed by atoms with Gasteiger partial charge in [0.15, 0.2) is 0 Å². The second-order valence-electron chi connectivity index (χ2n) is 7.85. The molecule has 1 saturated carbocycles. The van der Waals surface area contributed by atoms with Gasteiger partial charge in [0.05, 0.1) is 18.4 Å². The summed E-state index contributed by atoms with van der Waals surface area (Å²) in [5.74, 6) is 0.102. The molecule has 0 saturated heterocycles. The normalized spacial score (nSPS) is 16.8. The molecule has 1 atom stereocenters. The summed E-state index contributed by atoms with van der Waals surface area (Å²) in [5, 5.41) is 3.16. The number of aromatic nitrogens is 1. The zero-order chi connectivity index (χ0) is 20.9. The first-order chi connectivity index (χ1) is 13.9. The number of furan rings is 1. The molecule has 1 aliphatic carbocycles. The van der Waals surface area contributed by atoms with Gasteiger partial charge in [-0.2, -0.15) is 0 Å². The molecule has 7 nitrogen and oxygen atoms in total. The highest BCUT2D eigenvalue weighted by atomic mass is 16.3. The Kier molecular flexibility index (Phi) is 6.56. The van der Waals surface area contributed by atoms with Crippen LogP contribution in [0.5, 0.6) is 0 Å². The SMILES string of the molecule is CCC(C)(C(=O)NC1CCCCC1)N(Cc1ccco1)C(=O)c1ccc(=O)[nH]c1. The average molecular weight is 399 g/mol. The zero-order valence-corrected chi connectivity index (χ0v) is 17.1. The molecule has 0 spiro atoms. The van der Waals surface area contributed by atoms with E-state index in [1.165, 1.54) is 29.7 Å². The van der Waals surface area contributed by atoms with Crippen LogP contribution in [0.1, 0.15) is 68.5 Å². The van der Waals surface area contributed by atoms with Crippen LogP contribution >= 0.6 is 0 Å². The molecule has 3 rings (SSSR count). The van der Waals surface area contributed by atoms with Gasteiger partial charge in [0.25, 0.3) is 5.91 Å². The molecular formula is C22H29N3O4. The Morgan fingerprint density at radius 1 is 1.24 bits per heavy atom. The van der Waals surface area contributed by atoms with Crippen molar-refractivity contribution in [3.63, 3.8) is 0 Å². The summed E-state index contributed by atoms with van der Waals surface area (Å²) in [5.41, 5.74) is -1.02. The van der Waals surface area contributed by atoms with E-state index >= 15 is 0 Å². The summed E-state index contributed by atoms with van der Waals surface area (Å²) >= 11 is 0. The average Bonchev–Trinajstić information content (AvgIpc) is 3.25. The minimum atomic E-state index is -1.06. The molecule has 1 unspecified atom stereocenters. The van der Waals surface area contributed by atoms with Crippen molar-refractivity contribution in [1.29, 1.82) is 0 Å². The number of rotatable bonds is 7. The van der Waals surface area contributed by atoms with Gasteiger partial charge in [0.2, 0.25) is 11.5 Å². The summed E-state index contributed by atoms with van der Waals surface area (Å²) in [6.07, 6.45) is 8.74. The van der Waals surface area contributed by atoms with E-state index in [1.54, 1.807) is 25.3 Å². The lowest BCUT2D eigenvalue weighted by molar-refractivity contribution is -0.133. The van der Waals surface area contributed by atoms with Gasteiger partial charge in [-0.05, 0) is 44.4 Å². The number of carbonyl (C=O) groups excluding carboxylic acids is 2. The topological polar surface area (TPSA) is 95.4 Å². The number of hydrogen-bond acceptors (Lipinski definition) is 4. The minimum absolute atomic E-state index is 0.149. The molecule has 0 bridgehead atoms.